The molecule has 6 rings (SSSR count). The van der Waals surface area contributed by atoms with Gasteiger partial charge in [0.1, 0.15) is 66.2 Å². The van der Waals surface area contributed by atoms with Gasteiger partial charge in [-0.2, -0.15) is 0 Å². The molecule has 38 N–H and O–H groups in total. The first-order valence-corrected chi connectivity index (χ1v) is 34.4. The van der Waals surface area contributed by atoms with Crippen LogP contribution in [0.2, 0.25) is 0 Å². The number of phenolic OH excluding ortho intramolecular Hbond substituents is 1. The second-order valence-corrected chi connectivity index (χ2v) is 25.4. The number of hydrogen-bond donors (Lipinski definition) is 27. The number of H-pyrrole nitrogens is 2. The summed E-state index contributed by atoms with van der Waals surface area (Å²) in [5.74, 6) is -8.80. The maximum atomic E-state index is 10.6. The second-order valence-electron chi connectivity index (χ2n) is 22.8. The van der Waals surface area contributed by atoms with E-state index in [9.17, 15) is 47.9 Å². The van der Waals surface area contributed by atoms with Gasteiger partial charge in [0.2, 0.25) is 0 Å². The Morgan fingerprint density at radius 2 is 0.971 bits per heavy atom. The molecule has 1 aliphatic heterocycles. The number of nitrogens with zero attached hydrogens (tertiary/aromatic N) is 1. The fourth-order valence-corrected chi connectivity index (χ4v) is 9.69. The highest BCUT2D eigenvalue weighted by Crippen LogP contribution is 2.22. The van der Waals surface area contributed by atoms with Crippen LogP contribution in [0.4, 0.5) is 0 Å². The van der Waals surface area contributed by atoms with Gasteiger partial charge >= 0.3 is 59.7 Å². The quantitative estimate of drug-likeness (QED) is 0.0105. The number of fused-ring (bicyclic) bond motifs is 1. The lowest BCUT2D eigenvalue weighted by atomic mass is 10.1. The lowest BCUT2D eigenvalue weighted by Crippen LogP contribution is -2.34. The number of carboxylic acid groups (broad SMARTS) is 10. The number of aromatic nitrogens is 3. The van der Waals surface area contributed by atoms with Gasteiger partial charge in [0.05, 0.1) is 12.0 Å². The molecule has 0 amide bonds. The van der Waals surface area contributed by atoms with Crippen molar-refractivity contribution >= 4 is 98.1 Å². The molecule has 0 radical (unpaired) electrons. The summed E-state index contributed by atoms with van der Waals surface area (Å²) in [6, 6.07) is 15.7. The number of carboxylic acids is 10. The van der Waals surface area contributed by atoms with E-state index < -0.39 is 114 Å². The third-order valence-electron chi connectivity index (χ3n) is 13.3. The standard InChI is InChI=1S/C11H12N2O2.C9H11NO3.C9H11NO2.C6H14N4O2.C6H9N3O2.C6H12N2O4S2.C6H14N2O2.C6H13NO2.C5H9NO2/c12-9(11(14)15)5-7-6-13-10-4-2-1-3-8(7)10;10-8(9(12)13)5-6-1-3-7(11)4-2-6;10-8(9(11)12)6-7-4-2-1-3-5-7;7-4(5(11)12)2-1-3-10-6(8)9;7-5(6(10)11)1-4-2-8-3-9-4;7-3(5(9)10)1-13-14-2-4(8)6(11)12;7-4-2-1-3-5(8)6(9)10;1-4(2)3-5(7)6(8)9;7-5(8)4-2-1-3-6-4/h1-4,6,9,13H,5,12H2,(H,14,15);1-4,8,11H,5,10H2,(H,12,13);1-5,8H,6,10H2,(H,11,12);4H,1-3,7H2,(H,11,12)(H4,8,9,10);2-3,5H,1,7H2,(H,8,9)(H,10,11);3-4H,1-2,7-8H2,(H,9,10)(H,11,12);5H,1-4,7-8H2,(H,9,10);4-5H,3,7H2,1-2H3,(H,8,9);4,6H,1-3H2,(H,7,8)/t9-;2*8-;4-;5-;3-,4-;2*5-;4-/m000000000/s1. The van der Waals surface area contributed by atoms with Gasteiger partial charge in [-0.15, -0.1) is 0 Å². The predicted octanol–water partition coefficient (Wildman–Crippen LogP) is -0.878. The summed E-state index contributed by atoms with van der Waals surface area (Å²) in [4.78, 5) is 112. The van der Waals surface area contributed by atoms with Crippen molar-refractivity contribution < 1.29 is 104 Å². The summed E-state index contributed by atoms with van der Waals surface area (Å²) in [7, 11) is 2.41. The van der Waals surface area contributed by atoms with E-state index in [2.05, 4.69) is 25.6 Å². The molecule has 10 atom stereocenters. The summed E-state index contributed by atoms with van der Waals surface area (Å²) in [5.41, 5.74) is 62.1. The Morgan fingerprint density at radius 3 is 1.36 bits per heavy atom. The molecule has 3 aromatic carbocycles. The first kappa shape index (κ1) is 98.6. The van der Waals surface area contributed by atoms with E-state index >= 15 is 0 Å². The monoisotopic (exact) mass is 1510 g/mol. The zero-order chi connectivity index (χ0) is 80.0. The summed E-state index contributed by atoms with van der Waals surface area (Å²) in [6.45, 7) is 5.84. The number of benzene rings is 3. The third-order valence-corrected chi connectivity index (χ3v) is 15.8. The molecule has 0 aliphatic carbocycles. The lowest BCUT2D eigenvalue weighted by Gasteiger charge is -2.07. The molecule has 0 spiro atoms. The number of carbonyl (C=O) groups is 10. The van der Waals surface area contributed by atoms with E-state index in [1.165, 1.54) is 40.0 Å². The summed E-state index contributed by atoms with van der Waals surface area (Å²) in [5, 5.41) is 107. The van der Waals surface area contributed by atoms with Crippen molar-refractivity contribution in [1.82, 2.24) is 25.6 Å². The normalized spacial score (nSPS) is 14.2. The van der Waals surface area contributed by atoms with Gasteiger partial charge in [-0.1, -0.05) is 103 Å². The number of unbranched alkanes of at least 4 members (excludes halogenated alkanes) is 1. The van der Waals surface area contributed by atoms with Gasteiger partial charge in [0, 0.05) is 54.2 Å². The molecule has 1 aliphatic rings. The Morgan fingerprint density at radius 1 is 0.538 bits per heavy atom. The van der Waals surface area contributed by atoms with Crippen LogP contribution in [0.3, 0.4) is 0 Å². The van der Waals surface area contributed by atoms with E-state index in [-0.39, 0.29) is 42.1 Å². The first-order chi connectivity index (χ1) is 48.7. The second kappa shape index (κ2) is 57.9. The number of nitrogens with one attached hydrogen (secondary N) is 5. The van der Waals surface area contributed by atoms with Crippen molar-refractivity contribution in [2.24, 2.45) is 69.0 Å². The summed E-state index contributed by atoms with van der Waals surface area (Å²) < 4.78 is 0. The molecule has 0 saturated carbocycles. The number of aliphatic carboxylic acids is 10. The van der Waals surface area contributed by atoms with Crippen LogP contribution in [0.1, 0.15) is 87.6 Å². The van der Waals surface area contributed by atoms with E-state index in [1.807, 2.05) is 74.6 Å². The van der Waals surface area contributed by atoms with Crippen molar-refractivity contribution in [2.45, 2.75) is 151 Å². The first-order valence-electron chi connectivity index (χ1n) is 31.9. The Bertz CT molecular complexity index is 3240. The van der Waals surface area contributed by atoms with Crippen LogP contribution in [0.5, 0.6) is 5.75 Å². The molecule has 38 nitrogen and oxygen atoms in total. The van der Waals surface area contributed by atoms with Crippen LogP contribution >= 0.6 is 21.6 Å². The molecule has 0 bridgehead atoms. The van der Waals surface area contributed by atoms with Gasteiger partial charge in [-0.3, -0.25) is 53.4 Å². The Kier molecular flexibility index (Phi) is 54.9. The van der Waals surface area contributed by atoms with Gasteiger partial charge in [0.15, 0.2) is 5.96 Å². The van der Waals surface area contributed by atoms with Gasteiger partial charge in [0.25, 0.3) is 0 Å². The summed E-state index contributed by atoms with van der Waals surface area (Å²) in [6.07, 6.45) is 11.7. The summed E-state index contributed by atoms with van der Waals surface area (Å²) >= 11 is 0. The molecule has 1 fully saturated rings. The minimum Gasteiger partial charge on any atom is -0.508 e. The Hall–Kier alpha value is -9.56. The van der Waals surface area contributed by atoms with Crippen LogP contribution in [-0.4, -0.2) is 228 Å². The third kappa shape index (κ3) is 52.4. The average molecular weight is 1510 g/mol. The molecular weight excluding hydrogens is 1410 g/mol. The maximum Gasteiger partial charge on any atom is 0.321 e. The van der Waals surface area contributed by atoms with Gasteiger partial charge in [-0.05, 0) is 112 Å². The average Bonchev–Trinajstić information content (AvgIpc) is 1.68. The molecular formula is C64H105N17O21S2. The number of hydrogen-bond acceptors (Lipinski definition) is 26. The number of phenols is 1. The van der Waals surface area contributed by atoms with E-state index in [0.29, 0.717) is 63.2 Å². The molecule has 104 heavy (non-hydrogen) atoms. The molecule has 1 saturated heterocycles. The molecule has 40 heteroatoms. The predicted molar refractivity (Wildman–Crippen MR) is 392 cm³/mol. The van der Waals surface area contributed by atoms with E-state index in [1.54, 1.807) is 18.3 Å². The Balaban J connectivity index is -0.00000111. The van der Waals surface area contributed by atoms with Crippen molar-refractivity contribution in [3.63, 3.8) is 0 Å². The number of aromatic hydroxyl groups is 1. The number of aromatic amines is 2. The van der Waals surface area contributed by atoms with Gasteiger partial charge < -0.3 is 140 Å². The highest BCUT2D eigenvalue weighted by Gasteiger charge is 2.21. The maximum absolute atomic E-state index is 10.6. The smallest absolute Gasteiger partial charge is 0.321 e. The van der Waals surface area contributed by atoms with Crippen LogP contribution in [0.15, 0.2) is 97.6 Å². The number of guanidine groups is 1. The zero-order valence-corrected chi connectivity index (χ0v) is 59.4. The van der Waals surface area contributed by atoms with Crippen LogP contribution < -0.4 is 73.7 Å². The fraction of sp³-hybridized carbons (Fsp3) is 0.469. The van der Waals surface area contributed by atoms with Crippen molar-refractivity contribution in [2.75, 3.05) is 31.1 Å². The number of para-hydroxylation sites is 1. The Labute approximate surface area is 607 Å². The SMILES string of the molecule is CC(C)C[C@H](N)C(=O)O.N=C(N)NCCC[C@H](N)C(=O)O.NCCCC[C@H](N)C(=O)O.N[C@@H](CSSC[C@H](N)C(=O)O)C(=O)O.N[C@@H](Cc1c[nH]c2ccccc12)C(=O)O.N[C@@H](Cc1c[nH]cn1)C(=O)O.N[C@@H](Cc1ccc(O)cc1)C(=O)O.N[C@@H](Cc1ccccc1)C(=O)O.O=C(O)[C@@H]1CCCN1. The molecule has 5 aromatic rings. The van der Waals surface area contributed by atoms with Crippen LogP contribution in [0.25, 0.3) is 10.9 Å². The van der Waals surface area contributed by atoms with E-state index in [4.69, 9.17) is 125 Å². The lowest BCUT2D eigenvalue weighted by molar-refractivity contribution is -0.139. The molecule has 0 unspecified atom stereocenters. The number of rotatable bonds is 33. The van der Waals surface area contributed by atoms with Crippen molar-refractivity contribution in [3.8, 4) is 5.75 Å². The van der Waals surface area contributed by atoms with Crippen LogP contribution in [0, 0.1) is 11.3 Å². The minimum atomic E-state index is -1.07. The van der Waals surface area contributed by atoms with E-state index in [0.717, 1.165) is 59.8 Å². The van der Waals surface area contributed by atoms with Crippen molar-refractivity contribution in [1.29, 1.82) is 5.41 Å². The van der Waals surface area contributed by atoms with Crippen LogP contribution in [-0.2, 0) is 73.6 Å². The minimum absolute atomic E-state index is 0.112. The molecule has 584 valence electrons. The molecule has 2 aromatic heterocycles. The van der Waals surface area contributed by atoms with Gasteiger partial charge in [-0.25, -0.2) is 4.98 Å². The number of nitrogens with two attached hydrogens (primary N) is 11. The zero-order valence-electron chi connectivity index (χ0n) is 57.7. The highest BCUT2D eigenvalue weighted by atomic mass is 33.1. The number of imidazole rings is 1. The van der Waals surface area contributed by atoms with Crippen molar-refractivity contribution in [3.05, 3.63) is 120 Å². The largest absolute Gasteiger partial charge is 0.508 e. The topological polar surface area (TPSA) is 772 Å². The molecule has 3 heterocycles. The fourth-order valence-electron chi connectivity index (χ4n) is 7.46. The highest BCUT2D eigenvalue weighted by molar-refractivity contribution is 8.76.